The van der Waals surface area contributed by atoms with E-state index in [2.05, 4.69) is 10.1 Å². The van der Waals surface area contributed by atoms with Crippen LogP contribution in [-0.4, -0.2) is 30.1 Å². The summed E-state index contributed by atoms with van der Waals surface area (Å²) in [7, 11) is 1.11. The molecule has 0 bridgehead atoms. The van der Waals surface area contributed by atoms with E-state index in [1.807, 2.05) is 0 Å². The maximum absolute atomic E-state index is 13.7. The predicted molar refractivity (Wildman–Crippen MR) is 66.6 cm³/mol. The number of carbonyl (C=O) groups is 2. The molecule has 0 aromatic heterocycles. The largest absolute Gasteiger partial charge is 0.493 e. The Morgan fingerprint density at radius 3 is 2.30 bits per heavy atom. The summed E-state index contributed by atoms with van der Waals surface area (Å²) in [6.45, 7) is 2.85. The van der Waals surface area contributed by atoms with Crippen molar-refractivity contribution in [3.63, 3.8) is 0 Å². The van der Waals surface area contributed by atoms with E-state index in [1.54, 1.807) is 0 Å². The summed E-state index contributed by atoms with van der Waals surface area (Å²) < 4.78 is 31.8. The molecule has 1 amide bonds. The molecule has 110 valence electrons. The summed E-state index contributed by atoms with van der Waals surface area (Å²) in [6.07, 6.45) is 0. The van der Waals surface area contributed by atoms with Crippen molar-refractivity contribution in [2.24, 2.45) is 5.92 Å². The molecule has 0 spiro atoms. The van der Waals surface area contributed by atoms with Gasteiger partial charge in [-0.3, -0.25) is 9.59 Å². The Bertz CT molecular complexity index is 533. The molecule has 0 radical (unpaired) electrons. The van der Waals surface area contributed by atoms with Gasteiger partial charge in [-0.15, -0.1) is 0 Å². The molecule has 0 saturated heterocycles. The van der Waals surface area contributed by atoms with Gasteiger partial charge in [0.05, 0.1) is 13.0 Å². The van der Waals surface area contributed by atoms with Gasteiger partial charge in [0.25, 0.3) is 5.91 Å². The number of carbonyl (C=O) groups excluding carboxylic acids is 1. The van der Waals surface area contributed by atoms with Crippen LogP contribution in [0, 0.1) is 17.6 Å². The molecule has 1 rings (SSSR count). The zero-order chi connectivity index (χ0) is 15.4. The van der Waals surface area contributed by atoms with Crippen molar-refractivity contribution >= 4 is 11.9 Å². The summed E-state index contributed by atoms with van der Waals surface area (Å²) in [6, 6.07) is 0.888. The summed E-state index contributed by atoms with van der Waals surface area (Å²) in [4.78, 5) is 22.7. The average Bonchev–Trinajstić information content (AvgIpc) is 2.39. The van der Waals surface area contributed by atoms with Crippen LogP contribution in [0.4, 0.5) is 8.78 Å². The Labute approximate surface area is 114 Å². The highest BCUT2D eigenvalue weighted by molar-refractivity contribution is 5.97. The number of benzene rings is 1. The minimum atomic E-state index is -1.11. The van der Waals surface area contributed by atoms with Crippen LogP contribution >= 0.6 is 0 Å². The second-order valence-corrected chi connectivity index (χ2v) is 4.33. The molecule has 20 heavy (non-hydrogen) atoms. The number of rotatable bonds is 5. The smallest absolute Gasteiger partial charge is 0.308 e. The Morgan fingerprint density at radius 2 is 1.80 bits per heavy atom. The number of nitrogens with one attached hydrogen (secondary N) is 1. The van der Waals surface area contributed by atoms with Crippen LogP contribution in [-0.2, 0) is 4.79 Å². The minimum absolute atomic E-state index is 0.516. The molecule has 0 saturated carbocycles. The van der Waals surface area contributed by atoms with E-state index in [1.165, 1.54) is 13.8 Å². The van der Waals surface area contributed by atoms with Gasteiger partial charge >= 0.3 is 5.97 Å². The van der Waals surface area contributed by atoms with Crippen LogP contribution < -0.4 is 10.1 Å². The molecule has 2 unspecified atom stereocenters. The van der Waals surface area contributed by atoms with Gasteiger partial charge in [-0.1, -0.05) is 0 Å². The summed E-state index contributed by atoms with van der Waals surface area (Å²) in [5.74, 6) is -5.25. The van der Waals surface area contributed by atoms with Gasteiger partial charge in [0, 0.05) is 6.04 Å². The highest BCUT2D eigenvalue weighted by Crippen LogP contribution is 2.25. The van der Waals surface area contributed by atoms with E-state index in [-0.39, 0.29) is 0 Å². The van der Waals surface area contributed by atoms with Gasteiger partial charge in [0.1, 0.15) is 11.4 Å². The highest BCUT2D eigenvalue weighted by atomic mass is 19.1. The molecule has 0 aliphatic rings. The topological polar surface area (TPSA) is 75.6 Å². The fraction of sp³-hybridized carbons (Fsp3) is 0.385. The van der Waals surface area contributed by atoms with Crippen LogP contribution in [0.1, 0.15) is 24.2 Å². The average molecular weight is 287 g/mol. The Morgan fingerprint density at radius 1 is 1.25 bits per heavy atom. The number of hydrogen-bond acceptors (Lipinski definition) is 3. The van der Waals surface area contributed by atoms with Gasteiger partial charge in [-0.05, 0) is 26.0 Å². The van der Waals surface area contributed by atoms with Crippen molar-refractivity contribution < 1.29 is 28.2 Å². The van der Waals surface area contributed by atoms with Crippen LogP contribution in [0.25, 0.3) is 0 Å². The maximum Gasteiger partial charge on any atom is 0.308 e. The number of amides is 1. The summed E-state index contributed by atoms with van der Waals surface area (Å²) in [5, 5.41) is 11.1. The standard InChI is InChI=1S/C13H15F2NO4/c1-6(13(18)19)7(2)16-12(17)10-8(14)4-5-9(15)11(10)20-3/h4-7H,1-3H3,(H,16,17)(H,18,19). The first-order valence-electron chi connectivity index (χ1n) is 5.85. The Hall–Kier alpha value is -2.18. The van der Waals surface area contributed by atoms with Gasteiger partial charge in [-0.25, -0.2) is 8.78 Å². The first kappa shape index (κ1) is 15.9. The fourth-order valence-corrected chi connectivity index (χ4v) is 1.56. The van der Waals surface area contributed by atoms with Crippen molar-refractivity contribution in [1.29, 1.82) is 0 Å². The molecule has 0 aliphatic carbocycles. The lowest BCUT2D eigenvalue weighted by molar-refractivity contribution is -0.141. The predicted octanol–water partition coefficient (Wildman–Crippen LogP) is 1.81. The first-order chi connectivity index (χ1) is 9.29. The van der Waals surface area contributed by atoms with Crippen molar-refractivity contribution in [1.82, 2.24) is 5.32 Å². The lowest BCUT2D eigenvalue weighted by Crippen LogP contribution is -2.40. The zero-order valence-electron chi connectivity index (χ0n) is 11.2. The third kappa shape index (κ3) is 3.23. The molecule has 0 heterocycles. The van der Waals surface area contributed by atoms with Crippen molar-refractivity contribution in [3.05, 3.63) is 29.3 Å². The van der Waals surface area contributed by atoms with Gasteiger partial charge in [-0.2, -0.15) is 0 Å². The third-order valence-corrected chi connectivity index (χ3v) is 2.99. The molecule has 5 nitrogen and oxygen atoms in total. The zero-order valence-corrected chi connectivity index (χ0v) is 11.2. The van der Waals surface area contributed by atoms with Crippen LogP contribution in [0.15, 0.2) is 12.1 Å². The monoisotopic (exact) mass is 287 g/mol. The highest BCUT2D eigenvalue weighted by Gasteiger charge is 2.26. The van der Waals surface area contributed by atoms with Gasteiger partial charge in [0.2, 0.25) is 0 Å². The SMILES string of the molecule is COc1c(F)ccc(F)c1C(=O)NC(C)C(C)C(=O)O. The van der Waals surface area contributed by atoms with Gasteiger partial charge in [0.15, 0.2) is 11.6 Å². The van der Waals surface area contributed by atoms with E-state index in [0.717, 1.165) is 19.2 Å². The lowest BCUT2D eigenvalue weighted by Gasteiger charge is -2.19. The van der Waals surface area contributed by atoms with Crippen molar-refractivity contribution in [3.8, 4) is 5.75 Å². The Kier molecular flexibility index (Phi) is 5.01. The number of carboxylic acid groups (broad SMARTS) is 1. The van der Waals surface area contributed by atoms with Crippen molar-refractivity contribution in [2.45, 2.75) is 19.9 Å². The normalized spacial score (nSPS) is 13.4. The van der Waals surface area contributed by atoms with Crippen LogP contribution in [0.2, 0.25) is 0 Å². The number of halogens is 2. The molecule has 1 aromatic carbocycles. The van der Waals surface area contributed by atoms with E-state index < -0.39 is 46.8 Å². The number of hydrogen-bond donors (Lipinski definition) is 2. The van der Waals surface area contributed by atoms with Crippen molar-refractivity contribution in [2.75, 3.05) is 7.11 Å². The van der Waals surface area contributed by atoms with E-state index in [0.29, 0.717) is 0 Å². The van der Waals surface area contributed by atoms with Gasteiger partial charge < -0.3 is 15.2 Å². The maximum atomic E-state index is 13.7. The van der Waals surface area contributed by atoms with E-state index in [4.69, 9.17) is 5.11 Å². The number of aliphatic carboxylic acids is 1. The van der Waals surface area contributed by atoms with Crippen LogP contribution in [0.5, 0.6) is 5.75 Å². The molecule has 0 fully saturated rings. The van der Waals surface area contributed by atoms with E-state index >= 15 is 0 Å². The number of methoxy groups -OCH3 is 1. The van der Waals surface area contributed by atoms with E-state index in [9.17, 15) is 18.4 Å². The second-order valence-electron chi connectivity index (χ2n) is 4.33. The number of ether oxygens (including phenoxy) is 1. The molecule has 0 aliphatic heterocycles. The number of carboxylic acids is 1. The lowest BCUT2D eigenvalue weighted by atomic mass is 10.0. The molecular weight excluding hydrogens is 272 g/mol. The molecule has 2 atom stereocenters. The minimum Gasteiger partial charge on any atom is -0.493 e. The molecule has 1 aromatic rings. The van der Waals surface area contributed by atoms with Crippen LogP contribution in [0.3, 0.4) is 0 Å². The molecular formula is C13H15F2NO4. The Balaban J connectivity index is 3.04. The molecule has 7 heteroatoms. The summed E-state index contributed by atoms with van der Waals surface area (Å²) in [5.41, 5.74) is -0.586. The molecule has 2 N–H and O–H groups in total. The second kappa shape index (κ2) is 6.31. The fourth-order valence-electron chi connectivity index (χ4n) is 1.56. The quantitative estimate of drug-likeness (QED) is 0.866. The first-order valence-corrected chi connectivity index (χ1v) is 5.85. The summed E-state index contributed by atoms with van der Waals surface area (Å²) >= 11 is 0. The third-order valence-electron chi connectivity index (χ3n) is 2.99.